The molecule has 0 aliphatic rings. The summed E-state index contributed by atoms with van der Waals surface area (Å²) in [6.07, 6.45) is 5.79. The number of hydrogen-bond donors (Lipinski definition) is 1. The van der Waals surface area contributed by atoms with E-state index in [0.29, 0.717) is 6.61 Å². The van der Waals surface area contributed by atoms with Gasteiger partial charge in [0.05, 0.1) is 6.61 Å². The number of hydrogen-bond acceptors (Lipinski definition) is 5. The fourth-order valence-electron chi connectivity index (χ4n) is 2.31. The van der Waals surface area contributed by atoms with E-state index in [9.17, 15) is 14.3 Å². The Balaban J connectivity index is 0.000000314. The summed E-state index contributed by atoms with van der Waals surface area (Å²) < 4.78 is 26.3. The van der Waals surface area contributed by atoms with Gasteiger partial charge in [0.15, 0.2) is 0 Å². The summed E-state index contributed by atoms with van der Waals surface area (Å²) in [5.74, 6) is 1.03. The first-order valence-electron chi connectivity index (χ1n) is 9.93. The second kappa shape index (κ2) is 14.4. The van der Waals surface area contributed by atoms with Crippen LogP contribution in [0, 0.1) is 5.92 Å². The van der Waals surface area contributed by atoms with Gasteiger partial charge in [0, 0.05) is 6.08 Å². The number of benzene rings is 2. The number of carbonyl (C=O) groups excluding carboxylic acids is 1. The molecule has 2 aromatic rings. The average molecular weight is 434 g/mol. The summed E-state index contributed by atoms with van der Waals surface area (Å²) in [7, 11) is -4.14. The van der Waals surface area contributed by atoms with Crippen LogP contribution in [0.3, 0.4) is 0 Å². The predicted octanol–water partition coefficient (Wildman–Crippen LogP) is 6.18. The largest absolute Gasteiger partial charge is 0.584 e. The summed E-state index contributed by atoms with van der Waals surface area (Å²) in [4.78, 5) is 20.1. The van der Waals surface area contributed by atoms with Crippen LogP contribution in [0.25, 0.3) is 0 Å². The van der Waals surface area contributed by atoms with E-state index in [2.05, 4.69) is 20.4 Å². The highest BCUT2D eigenvalue weighted by molar-refractivity contribution is 7.48. The minimum atomic E-state index is -4.14. The van der Waals surface area contributed by atoms with Crippen molar-refractivity contribution in [1.82, 2.24) is 0 Å². The number of ether oxygens (including phenoxy) is 1. The van der Waals surface area contributed by atoms with Crippen LogP contribution < -0.4 is 9.05 Å². The van der Waals surface area contributed by atoms with Gasteiger partial charge in [-0.25, -0.2) is 9.36 Å². The van der Waals surface area contributed by atoms with Gasteiger partial charge < -0.3 is 13.8 Å². The Labute approximate surface area is 179 Å². The second-order valence-electron chi connectivity index (χ2n) is 6.89. The molecule has 2 rings (SSSR count). The Kier molecular flexibility index (Phi) is 12.3. The highest BCUT2D eigenvalue weighted by Crippen LogP contribution is 2.44. The van der Waals surface area contributed by atoms with Crippen molar-refractivity contribution in [2.45, 2.75) is 39.5 Å². The normalized spacial score (nSPS) is 10.5. The average Bonchev–Trinajstić information content (AvgIpc) is 2.71. The van der Waals surface area contributed by atoms with E-state index in [0.717, 1.165) is 18.8 Å². The molecule has 2 aromatic carbocycles. The summed E-state index contributed by atoms with van der Waals surface area (Å²) in [5.41, 5.74) is 0. The number of phosphoric ester groups is 1. The van der Waals surface area contributed by atoms with Crippen LogP contribution in [0.4, 0.5) is 0 Å². The van der Waals surface area contributed by atoms with Gasteiger partial charge in [-0.3, -0.25) is 4.89 Å². The number of para-hydroxylation sites is 2. The Morgan fingerprint density at radius 1 is 0.967 bits per heavy atom. The third kappa shape index (κ3) is 12.8. The number of rotatable bonds is 11. The molecule has 0 spiro atoms. The van der Waals surface area contributed by atoms with Gasteiger partial charge >= 0.3 is 13.8 Å². The minimum absolute atomic E-state index is 0.286. The van der Waals surface area contributed by atoms with Crippen molar-refractivity contribution in [3.05, 3.63) is 73.3 Å². The second-order valence-corrected chi connectivity index (χ2v) is 8.19. The molecule has 0 saturated heterocycles. The van der Waals surface area contributed by atoms with Gasteiger partial charge in [0.2, 0.25) is 0 Å². The highest BCUT2D eigenvalue weighted by Gasteiger charge is 2.24. The van der Waals surface area contributed by atoms with E-state index in [1.165, 1.54) is 18.9 Å². The zero-order valence-corrected chi connectivity index (χ0v) is 18.5. The molecule has 0 radical (unpaired) electrons. The van der Waals surface area contributed by atoms with Crippen LogP contribution in [-0.2, 0) is 14.1 Å². The third-order valence-electron chi connectivity index (χ3n) is 3.76. The van der Waals surface area contributed by atoms with Crippen molar-refractivity contribution >= 4 is 13.8 Å². The maximum atomic E-state index is 11.7. The lowest BCUT2D eigenvalue weighted by atomic mass is 10.1. The lowest BCUT2D eigenvalue weighted by molar-refractivity contribution is -0.137. The number of unbranched alkanes of at least 4 members (excludes halogenated alkanes) is 2. The Hall–Kier alpha value is -2.56. The van der Waals surface area contributed by atoms with Crippen molar-refractivity contribution in [3.8, 4) is 11.5 Å². The fraction of sp³-hybridized carbons (Fsp3) is 0.348. The molecule has 7 heteroatoms. The molecule has 1 N–H and O–H groups in total. The number of phosphoric acid groups is 1. The van der Waals surface area contributed by atoms with Crippen LogP contribution in [0.5, 0.6) is 11.5 Å². The molecule has 0 atom stereocenters. The lowest BCUT2D eigenvalue weighted by Crippen LogP contribution is -2.01. The Bertz CT molecular complexity index is 731. The molecule has 0 aliphatic heterocycles. The van der Waals surface area contributed by atoms with Crippen LogP contribution in [0.15, 0.2) is 73.3 Å². The standard InChI is InChI=1S/C12H11O4P.C11H20O2/c13-17(14,15-11-7-3-1-4-8-11)16-12-9-5-2-6-10-12;1-4-11(12)13-9-7-5-6-8-10(2)3/h1-10H,(H,13,14);4,10H,1,5-9H2,2-3H3. The summed E-state index contributed by atoms with van der Waals surface area (Å²) >= 11 is 0. The van der Waals surface area contributed by atoms with Crippen molar-refractivity contribution in [1.29, 1.82) is 0 Å². The van der Waals surface area contributed by atoms with E-state index in [1.54, 1.807) is 60.7 Å². The third-order valence-corrected chi connectivity index (χ3v) is 4.65. The quantitative estimate of drug-likeness (QED) is 0.197. The summed E-state index contributed by atoms with van der Waals surface area (Å²) in [6.45, 7) is 8.29. The van der Waals surface area contributed by atoms with Crippen molar-refractivity contribution in [2.75, 3.05) is 6.61 Å². The van der Waals surface area contributed by atoms with E-state index < -0.39 is 7.82 Å². The van der Waals surface area contributed by atoms with Crippen LogP contribution in [0.1, 0.15) is 39.5 Å². The predicted molar refractivity (Wildman–Crippen MR) is 118 cm³/mol. The van der Waals surface area contributed by atoms with Crippen LogP contribution in [-0.4, -0.2) is 17.5 Å². The van der Waals surface area contributed by atoms with Crippen molar-refractivity contribution in [2.24, 2.45) is 5.92 Å². The molecular weight excluding hydrogens is 403 g/mol. The molecule has 0 fully saturated rings. The molecule has 6 nitrogen and oxygen atoms in total. The molecule has 0 amide bonds. The minimum Gasteiger partial charge on any atom is -0.463 e. The number of carbonyl (C=O) groups is 1. The lowest BCUT2D eigenvalue weighted by Gasteiger charge is -2.13. The van der Waals surface area contributed by atoms with Gasteiger partial charge in [-0.2, -0.15) is 0 Å². The molecule has 0 unspecified atom stereocenters. The van der Waals surface area contributed by atoms with Crippen LogP contribution in [0.2, 0.25) is 0 Å². The van der Waals surface area contributed by atoms with E-state index >= 15 is 0 Å². The van der Waals surface area contributed by atoms with Crippen molar-refractivity contribution in [3.63, 3.8) is 0 Å². The number of esters is 1. The Morgan fingerprint density at radius 2 is 1.47 bits per heavy atom. The van der Waals surface area contributed by atoms with Gasteiger partial charge in [0.25, 0.3) is 0 Å². The molecule has 30 heavy (non-hydrogen) atoms. The molecule has 0 heterocycles. The molecule has 0 saturated carbocycles. The van der Waals surface area contributed by atoms with Gasteiger partial charge in [0.1, 0.15) is 11.5 Å². The first-order valence-corrected chi connectivity index (χ1v) is 11.4. The topological polar surface area (TPSA) is 82.1 Å². The smallest absolute Gasteiger partial charge is 0.463 e. The molecule has 0 aliphatic carbocycles. The maximum absolute atomic E-state index is 11.7. The van der Waals surface area contributed by atoms with Crippen molar-refractivity contribution < 1.29 is 28.0 Å². The SMILES string of the molecule is C=CC(=O)OCCCCCC(C)C.O=P(O)(Oc1ccccc1)Oc1ccccc1. The maximum Gasteiger partial charge on any atom is 0.584 e. The molecule has 0 aromatic heterocycles. The van der Waals surface area contributed by atoms with E-state index in [-0.39, 0.29) is 17.5 Å². The summed E-state index contributed by atoms with van der Waals surface area (Å²) in [5, 5.41) is 0. The molecular formula is C23H31O6P. The zero-order chi connectivity index (χ0) is 22.2. The highest BCUT2D eigenvalue weighted by atomic mass is 31.2. The van der Waals surface area contributed by atoms with Gasteiger partial charge in [-0.1, -0.05) is 76.1 Å². The zero-order valence-electron chi connectivity index (χ0n) is 17.6. The molecule has 0 bridgehead atoms. The monoisotopic (exact) mass is 434 g/mol. The van der Waals surface area contributed by atoms with E-state index in [4.69, 9.17) is 13.8 Å². The first-order chi connectivity index (χ1) is 14.3. The fourth-order valence-corrected chi connectivity index (χ4v) is 3.12. The first kappa shape index (κ1) is 25.5. The molecule has 164 valence electrons. The van der Waals surface area contributed by atoms with Gasteiger partial charge in [-0.05, 0) is 36.6 Å². The van der Waals surface area contributed by atoms with E-state index in [1.807, 2.05) is 0 Å². The van der Waals surface area contributed by atoms with Gasteiger partial charge in [-0.15, -0.1) is 0 Å². The summed E-state index contributed by atoms with van der Waals surface area (Å²) in [6, 6.07) is 16.7. The Morgan fingerprint density at radius 3 is 1.90 bits per heavy atom. The van der Waals surface area contributed by atoms with Crippen LogP contribution >= 0.6 is 7.82 Å².